The molecule has 1 aromatic rings. The first-order valence-electron chi connectivity index (χ1n) is 8.12. The molecule has 1 amide bonds. The van der Waals surface area contributed by atoms with Crippen molar-refractivity contribution in [1.82, 2.24) is 14.8 Å². The highest BCUT2D eigenvalue weighted by Gasteiger charge is 2.38. The maximum atomic E-state index is 12.7. The van der Waals surface area contributed by atoms with E-state index in [4.69, 9.17) is 0 Å². The minimum atomic E-state index is 0.269. The van der Waals surface area contributed by atoms with Crippen LogP contribution in [0.1, 0.15) is 43.3 Å². The molecule has 3 heterocycles. The molecular formula is C16H25N3OS. The van der Waals surface area contributed by atoms with E-state index in [9.17, 15) is 4.79 Å². The van der Waals surface area contributed by atoms with Gasteiger partial charge in [0.15, 0.2) is 0 Å². The van der Waals surface area contributed by atoms with Gasteiger partial charge in [0.2, 0.25) is 5.91 Å². The van der Waals surface area contributed by atoms with E-state index in [0.29, 0.717) is 18.5 Å². The maximum absolute atomic E-state index is 12.7. The van der Waals surface area contributed by atoms with Crippen molar-refractivity contribution in [3.05, 3.63) is 16.1 Å². The Morgan fingerprint density at radius 1 is 1.33 bits per heavy atom. The standard InChI is InChI=1S/C16H25N3OS/c1-3-15-17-12(11-21-15)10-16(20)19-9-5-7-14(19)13-6-4-8-18(13)2/h11,13-14H,3-10H2,1-2H3/t13-,14-/m0/s1. The molecule has 0 aromatic carbocycles. The van der Waals surface area contributed by atoms with Gasteiger partial charge >= 0.3 is 0 Å². The average molecular weight is 307 g/mol. The fraction of sp³-hybridized carbons (Fsp3) is 0.750. The molecule has 2 fully saturated rings. The Morgan fingerprint density at radius 3 is 2.76 bits per heavy atom. The molecule has 0 N–H and O–H groups in total. The van der Waals surface area contributed by atoms with Crippen LogP contribution in [0, 0.1) is 0 Å². The van der Waals surface area contributed by atoms with Crippen molar-refractivity contribution in [3.63, 3.8) is 0 Å². The van der Waals surface area contributed by atoms with E-state index in [1.165, 1.54) is 19.4 Å². The zero-order chi connectivity index (χ0) is 14.8. The lowest BCUT2D eigenvalue weighted by molar-refractivity contribution is -0.132. The molecule has 0 unspecified atom stereocenters. The first-order chi connectivity index (χ1) is 10.2. The summed E-state index contributed by atoms with van der Waals surface area (Å²) >= 11 is 1.67. The molecule has 2 aliphatic heterocycles. The molecule has 116 valence electrons. The van der Waals surface area contributed by atoms with Crippen LogP contribution in [0.25, 0.3) is 0 Å². The Kier molecular flexibility index (Phi) is 4.60. The molecule has 2 aliphatic rings. The van der Waals surface area contributed by atoms with Crippen LogP contribution >= 0.6 is 11.3 Å². The van der Waals surface area contributed by atoms with Gasteiger partial charge in [-0.1, -0.05) is 6.92 Å². The van der Waals surface area contributed by atoms with E-state index in [2.05, 4.69) is 28.8 Å². The van der Waals surface area contributed by atoms with Crippen LogP contribution in [0.2, 0.25) is 0 Å². The number of thiazole rings is 1. The molecule has 5 heteroatoms. The first kappa shape index (κ1) is 15.0. The highest BCUT2D eigenvalue weighted by Crippen LogP contribution is 2.29. The zero-order valence-electron chi connectivity index (χ0n) is 13.0. The summed E-state index contributed by atoms with van der Waals surface area (Å²) in [7, 11) is 2.20. The molecule has 0 radical (unpaired) electrons. The van der Waals surface area contributed by atoms with E-state index in [1.54, 1.807) is 11.3 Å². The lowest BCUT2D eigenvalue weighted by atomic mass is 10.0. The number of carbonyl (C=O) groups is 1. The fourth-order valence-electron chi connectivity index (χ4n) is 3.77. The predicted octanol–water partition coefficient (Wildman–Crippen LogP) is 2.33. The van der Waals surface area contributed by atoms with Crippen molar-refractivity contribution in [1.29, 1.82) is 0 Å². The van der Waals surface area contributed by atoms with Crippen LogP contribution in [0.3, 0.4) is 0 Å². The van der Waals surface area contributed by atoms with Gasteiger partial charge in [-0.15, -0.1) is 11.3 Å². The van der Waals surface area contributed by atoms with Crippen molar-refractivity contribution < 1.29 is 4.79 Å². The van der Waals surface area contributed by atoms with Crippen LogP contribution < -0.4 is 0 Å². The Balaban J connectivity index is 1.65. The van der Waals surface area contributed by atoms with E-state index in [0.717, 1.165) is 36.5 Å². The quantitative estimate of drug-likeness (QED) is 0.856. The average Bonchev–Trinajstić information content (AvgIpc) is 3.17. The lowest BCUT2D eigenvalue weighted by Gasteiger charge is -2.33. The predicted molar refractivity (Wildman–Crippen MR) is 85.6 cm³/mol. The Morgan fingerprint density at radius 2 is 2.10 bits per heavy atom. The van der Waals surface area contributed by atoms with Gasteiger partial charge in [0.1, 0.15) is 0 Å². The van der Waals surface area contributed by atoms with Crippen LogP contribution in [0.4, 0.5) is 0 Å². The molecule has 0 bridgehead atoms. The van der Waals surface area contributed by atoms with Gasteiger partial charge in [-0.25, -0.2) is 4.98 Å². The van der Waals surface area contributed by atoms with Gasteiger partial charge < -0.3 is 9.80 Å². The molecule has 0 saturated carbocycles. The third-order valence-corrected chi connectivity index (χ3v) is 5.92. The number of likely N-dealkylation sites (tertiary alicyclic amines) is 2. The number of aromatic nitrogens is 1. The normalized spacial score (nSPS) is 26.7. The topological polar surface area (TPSA) is 36.4 Å². The minimum absolute atomic E-state index is 0.269. The molecule has 2 atom stereocenters. The third kappa shape index (κ3) is 3.14. The Labute approximate surface area is 131 Å². The van der Waals surface area contributed by atoms with E-state index in [-0.39, 0.29) is 5.91 Å². The van der Waals surface area contributed by atoms with Crippen molar-refractivity contribution in [2.75, 3.05) is 20.1 Å². The zero-order valence-corrected chi connectivity index (χ0v) is 13.9. The van der Waals surface area contributed by atoms with Crippen molar-refractivity contribution in [3.8, 4) is 0 Å². The van der Waals surface area contributed by atoms with Crippen molar-refractivity contribution in [2.45, 2.75) is 57.5 Å². The van der Waals surface area contributed by atoms with E-state index in [1.807, 2.05) is 5.38 Å². The van der Waals surface area contributed by atoms with Gasteiger partial charge in [0.05, 0.1) is 17.1 Å². The van der Waals surface area contributed by atoms with Gasteiger partial charge in [0, 0.05) is 24.0 Å². The summed E-state index contributed by atoms with van der Waals surface area (Å²) < 4.78 is 0. The summed E-state index contributed by atoms with van der Waals surface area (Å²) in [4.78, 5) is 21.8. The summed E-state index contributed by atoms with van der Waals surface area (Å²) in [6.07, 6.45) is 6.25. The van der Waals surface area contributed by atoms with Gasteiger partial charge in [0.25, 0.3) is 0 Å². The molecule has 21 heavy (non-hydrogen) atoms. The number of nitrogens with zero attached hydrogens (tertiary/aromatic N) is 3. The SMILES string of the molecule is CCc1nc(CC(=O)N2CCC[C@H]2[C@@H]2CCCN2C)cs1. The second-order valence-electron chi connectivity index (χ2n) is 6.25. The van der Waals surface area contributed by atoms with Crippen molar-refractivity contribution >= 4 is 17.2 Å². The van der Waals surface area contributed by atoms with Gasteiger partial charge in [-0.3, -0.25) is 4.79 Å². The smallest absolute Gasteiger partial charge is 0.228 e. The van der Waals surface area contributed by atoms with Crippen LogP contribution in [0.5, 0.6) is 0 Å². The number of aryl methyl sites for hydroxylation is 1. The number of rotatable bonds is 4. The molecule has 0 spiro atoms. The largest absolute Gasteiger partial charge is 0.338 e. The monoisotopic (exact) mass is 307 g/mol. The number of carbonyl (C=O) groups excluding carboxylic acids is 1. The molecule has 3 rings (SSSR count). The summed E-state index contributed by atoms with van der Waals surface area (Å²) in [6.45, 7) is 4.21. The van der Waals surface area contributed by atoms with E-state index >= 15 is 0 Å². The molecule has 2 saturated heterocycles. The summed E-state index contributed by atoms with van der Waals surface area (Å²) in [5.74, 6) is 0.269. The second kappa shape index (κ2) is 6.44. The van der Waals surface area contributed by atoms with Gasteiger partial charge in [-0.05, 0) is 45.7 Å². The Bertz CT molecular complexity index is 501. The molecule has 1 aromatic heterocycles. The minimum Gasteiger partial charge on any atom is -0.338 e. The third-order valence-electron chi connectivity index (χ3n) is 4.87. The van der Waals surface area contributed by atoms with Crippen LogP contribution in [0.15, 0.2) is 5.38 Å². The van der Waals surface area contributed by atoms with Crippen LogP contribution in [-0.4, -0.2) is 52.9 Å². The summed E-state index contributed by atoms with van der Waals surface area (Å²) in [5.41, 5.74) is 0.951. The number of hydrogen-bond acceptors (Lipinski definition) is 4. The summed E-state index contributed by atoms with van der Waals surface area (Å²) in [6, 6.07) is 0.993. The van der Waals surface area contributed by atoms with Crippen molar-refractivity contribution in [2.24, 2.45) is 0 Å². The number of amides is 1. The highest BCUT2D eigenvalue weighted by atomic mass is 32.1. The second-order valence-corrected chi connectivity index (χ2v) is 7.19. The molecule has 0 aliphatic carbocycles. The highest BCUT2D eigenvalue weighted by molar-refractivity contribution is 7.09. The van der Waals surface area contributed by atoms with E-state index < -0.39 is 0 Å². The van der Waals surface area contributed by atoms with Gasteiger partial charge in [-0.2, -0.15) is 0 Å². The summed E-state index contributed by atoms with van der Waals surface area (Å²) in [5, 5.41) is 3.18. The fourth-order valence-corrected chi connectivity index (χ4v) is 4.52. The van der Waals surface area contributed by atoms with Crippen LogP contribution in [-0.2, 0) is 17.6 Å². The molecule has 4 nitrogen and oxygen atoms in total. The number of hydrogen-bond donors (Lipinski definition) is 0. The maximum Gasteiger partial charge on any atom is 0.228 e. The Hall–Kier alpha value is -0.940. The number of likely N-dealkylation sites (N-methyl/N-ethyl adjacent to an activating group) is 1. The lowest BCUT2D eigenvalue weighted by Crippen LogP contribution is -2.47. The molecular weight excluding hydrogens is 282 g/mol. The first-order valence-corrected chi connectivity index (χ1v) is 9.00.